The van der Waals surface area contributed by atoms with Crippen LogP contribution in [0.3, 0.4) is 0 Å². The van der Waals surface area contributed by atoms with Crippen LogP contribution in [0.1, 0.15) is 33.1 Å². The lowest BCUT2D eigenvalue weighted by Crippen LogP contribution is -2.56. The number of rotatable bonds is 5. The third-order valence-electron chi connectivity index (χ3n) is 4.38. The van der Waals surface area contributed by atoms with E-state index in [2.05, 4.69) is 10.2 Å². The van der Waals surface area contributed by atoms with Gasteiger partial charge in [0.15, 0.2) is 0 Å². The molecule has 0 aromatic heterocycles. The van der Waals surface area contributed by atoms with Crippen LogP contribution in [0.2, 0.25) is 0 Å². The van der Waals surface area contributed by atoms with Crippen molar-refractivity contribution in [1.82, 2.24) is 10.2 Å². The third kappa shape index (κ3) is 2.63. The van der Waals surface area contributed by atoms with E-state index < -0.39 is 11.5 Å². The topological polar surface area (TPSA) is 52.6 Å². The highest BCUT2D eigenvalue weighted by molar-refractivity contribution is 5.78. The zero-order chi connectivity index (χ0) is 12.5. The summed E-state index contributed by atoms with van der Waals surface area (Å²) in [6.45, 7) is 7.28. The predicted molar refractivity (Wildman–Crippen MR) is 67.0 cm³/mol. The smallest absolute Gasteiger partial charge is 0.324 e. The summed E-state index contributed by atoms with van der Waals surface area (Å²) in [4.78, 5) is 13.7. The van der Waals surface area contributed by atoms with Gasteiger partial charge in [-0.2, -0.15) is 0 Å². The van der Waals surface area contributed by atoms with Crippen LogP contribution in [0.25, 0.3) is 0 Å². The van der Waals surface area contributed by atoms with Crippen molar-refractivity contribution in [2.24, 2.45) is 11.8 Å². The van der Waals surface area contributed by atoms with Crippen molar-refractivity contribution >= 4 is 5.97 Å². The molecule has 1 aliphatic carbocycles. The lowest BCUT2D eigenvalue weighted by Gasteiger charge is -2.31. The molecule has 3 atom stereocenters. The molecule has 2 rings (SSSR count). The number of likely N-dealkylation sites (N-methyl/N-ethyl adjacent to an activating group) is 1. The summed E-state index contributed by atoms with van der Waals surface area (Å²) in [6, 6.07) is 0. The molecule has 0 spiro atoms. The van der Waals surface area contributed by atoms with Crippen LogP contribution >= 0.6 is 0 Å². The largest absolute Gasteiger partial charge is 0.480 e. The second-order valence-electron chi connectivity index (χ2n) is 5.81. The molecule has 1 saturated heterocycles. The number of likely N-dealkylation sites (tertiary alicyclic amines) is 1. The SMILES string of the molecule is CCNC(C)(CN1CC2CCCC2C1)C(=O)O. The lowest BCUT2D eigenvalue weighted by atomic mass is 10.0. The molecular weight excluding hydrogens is 216 g/mol. The molecule has 1 saturated carbocycles. The molecule has 4 nitrogen and oxygen atoms in total. The van der Waals surface area contributed by atoms with Gasteiger partial charge in [-0.15, -0.1) is 0 Å². The normalized spacial score (nSPS) is 32.4. The van der Waals surface area contributed by atoms with E-state index in [4.69, 9.17) is 0 Å². The Labute approximate surface area is 103 Å². The molecule has 4 heteroatoms. The number of nitrogens with zero attached hydrogens (tertiary/aromatic N) is 1. The third-order valence-corrected chi connectivity index (χ3v) is 4.38. The minimum absolute atomic E-state index is 0.628. The van der Waals surface area contributed by atoms with Crippen LogP contribution in [0, 0.1) is 11.8 Å². The van der Waals surface area contributed by atoms with Crippen molar-refractivity contribution < 1.29 is 9.90 Å². The number of fused-ring (bicyclic) bond motifs is 1. The summed E-state index contributed by atoms with van der Waals surface area (Å²) < 4.78 is 0. The van der Waals surface area contributed by atoms with Gasteiger partial charge >= 0.3 is 5.97 Å². The summed E-state index contributed by atoms with van der Waals surface area (Å²) in [6.07, 6.45) is 4.05. The van der Waals surface area contributed by atoms with Crippen molar-refractivity contribution in [2.75, 3.05) is 26.2 Å². The zero-order valence-corrected chi connectivity index (χ0v) is 10.9. The Kier molecular flexibility index (Phi) is 3.73. The van der Waals surface area contributed by atoms with Crippen LogP contribution in [0.4, 0.5) is 0 Å². The van der Waals surface area contributed by atoms with Gasteiger partial charge in [0.2, 0.25) is 0 Å². The summed E-state index contributed by atoms with van der Waals surface area (Å²) in [5, 5.41) is 12.4. The van der Waals surface area contributed by atoms with Gasteiger partial charge < -0.3 is 15.3 Å². The first-order valence-electron chi connectivity index (χ1n) is 6.76. The summed E-state index contributed by atoms with van der Waals surface area (Å²) in [5.74, 6) is 0.917. The van der Waals surface area contributed by atoms with Crippen molar-refractivity contribution in [2.45, 2.75) is 38.6 Å². The van der Waals surface area contributed by atoms with Crippen LogP contribution in [-0.4, -0.2) is 47.7 Å². The van der Waals surface area contributed by atoms with Gasteiger partial charge in [0, 0.05) is 19.6 Å². The Morgan fingerprint density at radius 2 is 2.00 bits per heavy atom. The second kappa shape index (κ2) is 4.94. The van der Waals surface area contributed by atoms with Crippen molar-refractivity contribution in [3.05, 3.63) is 0 Å². The van der Waals surface area contributed by atoms with Gasteiger partial charge in [-0.3, -0.25) is 4.79 Å². The molecule has 2 fully saturated rings. The van der Waals surface area contributed by atoms with Crippen LogP contribution in [0.15, 0.2) is 0 Å². The number of carbonyl (C=O) groups is 1. The number of carboxylic acids is 1. The van der Waals surface area contributed by atoms with Gasteiger partial charge in [0.25, 0.3) is 0 Å². The second-order valence-corrected chi connectivity index (χ2v) is 5.81. The molecule has 17 heavy (non-hydrogen) atoms. The number of carboxylic acid groups (broad SMARTS) is 1. The Balaban J connectivity index is 1.93. The maximum absolute atomic E-state index is 11.4. The standard InChI is InChI=1S/C13H24N2O2/c1-3-14-13(2,12(16)17)9-15-7-10-5-4-6-11(10)8-15/h10-11,14H,3-9H2,1-2H3,(H,16,17). The van der Waals surface area contributed by atoms with E-state index in [0.29, 0.717) is 13.1 Å². The summed E-state index contributed by atoms with van der Waals surface area (Å²) >= 11 is 0. The average Bonchev–Trinajstić information content (AvgIpc) is 2.77. The molecule has 2 aliphatic rings. The fourth-order valence-corrected chi connectivity index (χ4v) is 3.50. The van der Waals surface area contributed by atoms with Crippen LogP contribution in [-0.2, 0) is 4.79 Å². The van der Waals surface area contributed by atoms with Gasteiger partial charge in [-0.25, -0.2) is 0 Å². The average molecular weight is 240 g/mol. The molecule has 2 N–H and O–H groups in total. The fraction of sp³-hybridized carbons (Fsp3) is 0.923. The van der Waals surface area contributed by atoms with Gasteiger partial charge in [0.05, 0.1) is 0 Å². The Morgan fingerprint density at radius 3 is 2.47 bits per heavy atom. The highest BCUT2D eigenvalue weighted by Crippen LogP contribution is 2.38. The van der Waals surface area contributed by atoms with Gasteiger partial charge in [-0.1, -0.05) is 13.3 Å². The predicted octanol–water partition coefficient (Wildman–Crippen LogP) is 1.17. The highest BCUT2D eigenvalue weighted by atomic mass is 16.4. The molecule has 0 radical (unpaired) electrons. The number of nitrogens with one attached hydrogen (secondary N) is 1. The molecular formula is C13H24N2O2. The van der Waals surface area contributed by atoms with E-state index in [1.54, 1.807) is 6.92 Å². The Hall–Kier alpha value is -0.610. The Bertz CT molecular complexity index is 283. The van der Waals surface area contributed by atoms with Crippen molar-refractivity contribution in [3.8, 4) is 0 Å². The minimum Gasteiger partial charge on any atom is -0.480 e. The zero-order valence-electron chi connectivity index (χ0n) is 10.9. The number of hydrogen-bond acceptors (Lipinski definition) is 3. The molecule has 3 unspecified atom stereocenters. The first-order valence-corrected chi connectivity index (χ1v) is 6.76. The van der Waals surface area contributed by atoms with Crippen LogP contribution < -0.4 is 5.32 Å². The van der Waals surface area contributed by atoms with E-state index in [9.17, 15) is 9.90 Å². The Morgan fingerprint density at radius 1 is 1.41 bits per heavy atom. The maximum atomic E-state index is 11.4. The minimum atomic E-state index is -0.798. The first kappa shape index (κ1) is 12.8. The summed E-state index contributed by atoms with van der Waals surface area (Å²) in [7, 11) is 0. The van der Waals surface area contributed by atoms with Crippen LogP contribution in [0.5, 0.6) is 0 Å². The van der Waals surface area contributed by atoms with E-state index in [0.717, 1.165) is 24.9 Å². The van der Waals surface area contributed by atoms with Crippen molar-refractivity contribution in [1.29, 1.82) is 0 Å². The number of aliphatic carboxylic acids is 1. The van der Waals surface area contributed by atoms with Crippen molar-refractivity contribution in [3.63, 3.8) is 0 Å². The molecule has 0 bridgehead atoms. The molecule has 0 aromatic rings. The summed E-state index contributed by atoms with van der Waals surface area (Å²) in [5.41, 5.74) is -0.798. The molecule has 0 amide bonds. The van der Waals surface area contributed by atoms with E-state index >= 15 is 0 Å². The monoisotopic (exact) mass is 240 g/mol. The lowest BCUT2D eigenvalue weighted by molar-refractivity contribution is -0.144. The number of hydrogen-bond donors (Lipinski definition) is 2. The molecule has 1 aliphatic heterocycles. The van der Waals surface area contributed by atoms with Gasteiger partial charge in [-0.05, 0) is 38.1 Å². The maximum Gasteiger partial charge on any atom is 0.324 e. The highest BCUT2D eigenvalue weighted by Gasteiger charge is 2.41. The molecule has 98 valence electrons. The molecule has 0 aromatic carbocycles. The van der Waals surface area contributed by atoms with Gasteiger partial charge in [0.1, 0.15) is 5.54 Å². The quantitative estimate of drug-likeness (QED) is 0.757. The first-order chi connectivity index (χ1) is 8.05. The molecule has 1 heterocycles. The fourth-order valence-electron chi connectivity index (χ4n) is 3.50. The van der Waals surface area contributed by atoms with E-state index in [-0.39, 0.29) is 0 Å². The van der Waals surface area contributed by atoms with E-state index in [1.165, 1.54) is 19.3 Å². The van der Waals surface area contributed by atoms with E-state index in [1.807, 2.05) is 6.92 Å².